The number of benzene rings is 1. The molecule has 1 aromatic rings. The average molecular weight is 258 g/mol. The summed E-state index contributed by atoms with van der Waals surface area (Å²) in [5.41, 5.74) is 1.10. The SMILES string of the molecule is CCOC(OCC)C(NC)c1ccc(Cl)cc1. The first kappa shape index (κ1) is 14.5. The Morgan fingerprint density at radius 3 is 2.06 bits per heavy atom. The maximum atomic E-state index is 5.88. The Kier molecular flexibility index (Phi) is 6.52. The van der Waals surface area contributed by atoms with Crippen molar-refractivity contribution in [3.63, 3.8) is 0 Å². The zero-order chi connectivity index (χ0) is 12.7. The fourth-order valence-electron chi connectivity index (χ4n) is 1.70. The normalized spacial score (nSPS) is 13.0. The molecule has 0 heterocycles. The fourth-order valence-corrected chi connectivity index (χ4v) is 1.83. The molecule has 1 unspecified atom stereocenters. The van der Waals surface area contributed by atoms with Crippen LogP contribution in [0.4, 0.5) is 0 Å². The molecule has 17 heavy (non-hydrogen) atoms. The highest BCUT2D eigenvalue weighted by atomic mass is 35.5. The van der Waals surface area contributed by atoms with Gasteiger partial charge in [0.15, 0.2) is 6.29 Å². The summed E-state index contributed by atoms with van der Waals surface area (Å²) in [5.74, 6) is 0. The molecule has 0 spiro atoms. The number of hydrogen-bond acceptors (Lipinski definition) is 3. The molecule has 0 aliphatic carbocycles. The summed E-state index contributed by atoms with van der Waals surface area (Å²) in [6.45, 7) is 5.16. The van der Waals surface area contributed by atoms with Gasteiger partial charge in [0.2, 0.25) is 0 Å². The lowest BCUT2D eigenvalue weighted by Gasteiger charge is -2.26. The molecule has 0 aliphatic heterocycles. The van der Waals surface area contributed by atoms with Crippen molar-refractivity contribution < 1.29 is 9.47 Å². The Bertz CT molecular complexity index is 310. The zero-order valence-electron chi connectivity index (χ0n) is 10.6. The van der Waals surface area contributed by atoms with Crippen LogP contribution in [0.25, 0.3) is 0 Å². The van der Waals surface area contributed by atoms with E-state index in [0.717, 1.165) is 10.6 Å². The van der Waals surface area contributed by atoms with Crippen molar-refractivity contribution in [2.24, 2.45) is 0 Å². The van der Waals surface area contributed by atoms with Crippen LogP contribution in [0.5, 0.6) is 0 Å². The van der Waals surface area contributed by atoms with Crippen LogP contribution in [0, 0.1) is 0 Å². The first-order valence-corrected chi connectivity index (χ1v) is 6.26. The van der Waals surface area contributed by atoms with Crippen LogP contribution in [0.15, 0.2) is 24.3 Å². The Labute approximate surface area is 108 Å². The van der Waals surface area contributed by atoms with Gasteiger partial charge in [0.25, 0.3) is 0 Å². The third-order valence-electron chi connectivity index (χ3n) is 2.47. The first-order valence-electron chi connectivity index (χ1n) is 5.88. The molecule has 0 aliphatic rings. The van der Waals surface area contributed by atoms with Crippen molar-refractivity contribution in [2.45, 2.75) is 26.2 Å². The third-order valence-corrected chi connectivity index (χ3v) is 2.73. The van der Waals surface area contributed by atoms with Gasteiger partial charge >= 0.3 is 0 Å². The van der Waals surface area contributed by atoms with Crippen LogP contribution < -0.4 is 5.32 Å². The quantitative estimate of drug-likeness (QED) is 0.762. The number of halogens is 1. The molecule has 1 N–H and O–H groups in total. The van der Waals surface area contributed by atoms with Gasteiger partial charge in [-0.05, 0) is 38.6 Å². The number of likely N-dealkylation sites (N-methyl/N-ethyl adjacent to an activating group) is 1. The predicted octanol–water partition coefficient (Wildman–Crippen LogP) is 3.00. The second-order valence-corrected chi connectivity index (χ2v) is 4.03. The summed E-state index contributed by atoms with van der Waals surface area (Å²) in [4.78, 5) is 0. The van der Waals surface area contributed by atoms with E-state index in [-0.39, 0.29) is 12.3 Å². The van der Waals surface area contributed by atoms with E-state index >= 15 is 0 Å². The van der Waals surface area contributed by atoms with E-state index in [1.54, 1.807) is 0 Å². The fraction of sp³-hybridized carbons (Fsp3) is 0.538. The van der Waals surface area contributed by atoms with Crippen molar-refractivity contribution in [1.82, 2.24) is 5.32 Å². The van der Waals surface area contributed by atoms with Gasteiger partial charge in [0.1, 0.15) is 0 Å². The molecule has 3 nitrogen and oxygen atoms in total. The van der Waals surface area contributed by atoms with E-state index in [1.807, 2.05) is 45.2 Å². The summed E-state index contributed by atoms with van der Waals surface area (Å²) >= 11 is 5.88. The Morgan fingerprint density at radius 2 is 1.65 bits per heavy atom. The second kappa shape index (κ2) is 7.67. The molecule has 0 amide bonds. The molecule has 1 atom stereocenters. The van der Waals surface area contributed by atoms with Gasteiger partial charge in [0, 0.05) is 18.2 Å². The maximum absolute atomic E-state index is 5.88. The van der Waals surface area contributed by atoms with Gasteiger partial charge in [0.05, 0.1) is 6.04 Å². The molecule has 0 aromatic heterocycles. The molecule has 0 fully saturated rings. The number of ether oxygens (including phenoxy) is 2. The maximum Gasteiger partial charge on any atom is 0.176 e. The Hall–Kier alpha value is -0.610. The Balaban J connectivity index is 2.83. The zero-order valence-corrected chi connectivity index (χ0v) is 11.3. The minimum atomic E-state index is -0.281. The van der Waals surface area contributed by atoms with Gasteiger partial charge in [-0.25, -0.2) is 0 Å². The second-order valence-electron chi connectivity index (χ2n) is 3.60. The lowest BCUT2D eigenvalue weighted by atomic mass is 10.1. The number of hydrogen-bond donors (Lipinski definition) is 1. The highest BCUT2D eigenvalue weighted by Crippen LogP contribution is 2.21. The van der Waals surface area contributed by atoms with Crippen LogP contribution in [0.1, 0.15) is 25.5 Å². The minimum absolute atomic E-state index is 0.00664. The molecule has 1 rings (SSSR count). The van der Waals surface area contributed by atoms with E-state index in [2.05, 4.69) is 5.32 Å². The van der Waals surface area contributed by atoms with Crippen molar-refractivity contribution in [3.8, 4) is 0 Å². The summed E-state index contributed by atoms with van der Waals surface area (Å²) in [6, 6.07) is 7.71. The van der Waals surface area contributed by atoms with E-state index in [4.69, 9.17) is 21.1 Å². The van der Waals surface area contributed by atoms with Crippen molar-refractivity contribution >= 4 is 11.6 Å². The molecular weight excluding hydrogens is 238 g/mol. The van der Waals surface area contributed by atoms with Crippen molar-refractivity contribution in [2.75, 3.05) is 20.3 Å². The summed E-state index contributed by atoms with van der Waals surface area (Å²) in [6.07, 6.45) is -0.281. The van der Waals surface area contributed by atoms with Gasteiger partial charge in [-0.1, -0.05) is 23.7 Å². The van der Waals surface area contributed by atoms with Crippen molar-refractivity contribution in [3.05, 3.63) is 34.9 Å². The van der Waals surface area contributed by atoms with Crippen LogP contribution in [-0.4, -0.2) is 26.6 Å². The van der Waals surface area contributed by atoms with Crippen molar-refractivity contribution in [1.29, 1.82) is 0 Å². The lowest BCUT2D eigenvalue weighted by Crippen LogP contribution is -2.34. The summed E-state index contributed by atoms with van der Waals surface area (Å²) < 4.78 is 11.2. The smallest absolute Gasteiger partial charge is 0.176 e. The van der Waals surface area contributed by atoms with E-state index < -0.39 is 0 Å². The van der Waals surface area contributed by atoms with Gasteiger partial charge in [-0.2, -0.15) is 0 Å². The molecule has 96 valence electrons. The van der Waals surface area contributed by atoms with E-state index in [0.29, 0.717) is 13.2 Å². The van der Waals surface area contributed by atoms with Gasteiger partial charge < -0.3 is 14.8 Å². The first-order chi connectivity index (χ1) is 8.22. The number of rotatable bonds is 7. The van der Waals surface area contributed by atoms with Crippen LogP contribution in [0.2, 0.25) is 5.02 Å². The average Bonchev–Trinajstić information content (AvgIpc) is 2.33. The molecule has 0 radical (unpaired) electrons. The summed E-state index contributed by atoms with van der Waals surface area (Å²) in [7, 11) is 1.89. The van der Waals surface area contributed by atoms with Crippen LogP contribution >= 0.6 is 11.6 Å². The molecule has 0 saturated heterocycles. The monoisotopic (exact) mass is 257 g/mol. The minimum Gasteiger partial charge on any atom is -0.351 e. The lowest BCUT2D eigenvalue weighted by molar-refractivity contribution is -0.154. The van der Waals surface area contributed by atoms with E-state index in [9.17, 15) is 0 Å². The molecular formula is C13H20ClNO2. The predicted molar refractivity (Wildman–Crippen MR) is 70.3 cm³/mol. The molecule has 4 heteroatoms. The van der Waals surface area contributed by atoms with E-state index in [1.165, 1.54) is 0 Å². The largest absolute Gasteiger partial charge is 0.351 e. The third kappa shape index (κ3) is 4.28. The summed E-state index contributed by atoms with van der Waals surface area (Å²) in [5, 5.41) is 3.94. The molecule has 0 bridgehead atoms. The van der Waals surface area contributed by atoms with Gasteiger partial charge in [-0.3, -0.25) is 0 Å². The topological polar surface area (TPSA) is 30.5 Å². The molecule has 0 saturated carbocycles. The molecule has 1 aromatic carbocycles. The highest BCUT2D eigenvalue weighted by molar-refractivity contribution is 6.30. The highest BCUT2D eigenvalue weighted by Gasteiger charge is 2.22. The van der Waals surface area contributed by atoms with Crippen LogP contribution in [0.3, 0.4) is 0 Å². The Morgan fingerprint density at radius 1 is 1.12 bits per heavy atom. The van der Waals surface area contributed by atoms with Gasteiger partial charge in [-0.15, -0.1) is 0 Å². The standard InChI is InChI=1S/C13H20ClNO2/c1-4-16-13(17-5-2)12(15-3)10-6-8-11(14)9-7-10/h6-9,12-13,15H,4-5H2,1-3H3. The van der Waals surface area contributed by atoms with Crippen LogP contribution in [-0.2, 0) is 9.47 Å². The number of nitrogens with one attached hydrogen (secondary N) is 1.